The maximum atomic E-state index is 13.6. The highest BCUT2D eigenvalue weighted by Gasteiger charge is 2.53. The molecule has 0 spiro atoms. The molecule has 2 amide bonds. The monoisotopic (exact) mass is 494 g/mol. The number of aliphatic hydroxyl groups excluding tert-OH is 1. The van der Waals surface area contributed by atoms with Crippen LogP contribution in [-0.4, -0.2) is 46.1 Å². The number of nitro groups is 1. The summed E-state index contributed by atoms with van der Waals surface area (Å²) in [5.41, 5.74) is -0.228. The average Bonchev–Trinajstić information content (AvgIpc) is 3.48. The van der Waals surface area contributed by atoms with Gasteiger partial charge >= 0.3 is 0 Å². The molecule has 2 aliphatic rings. The molecule has 190 valence electrons. The van der Waals surface area contributed by atoms with Crippen molar-refractivity contribution >= 4 is 28.9 Å². The molecule has 2 aromatic rings. The molecule has 0 saturated carbocycles. The molecule has 10 nitrogen and oxygen atoms in total. The highest BCUT2D eigenvalue weighted by Crippen LogP contribution is 2.47. The predicted molar refractivity (Wildman–Crippen MR) is 134 cm³/mol. The third-order valence-corrected chi connectivity index (χ3v) is 6.78. The fraction of sp³-hybridized carbons (Fsp3) is 0.385. The first-order valence-corrected chi connectivity index (χ1v) is 12.0. The summed E-state index contributed by atoms with van der Waals surface area (Å²) in [7, 11) is 0. The lowest BCUT2D eigenvalue weighted by Gasteiger charge is -2.27. The summed E-state index contributed by atoms with van der Waals surface area (Å²) < 4.78 is 0. The van der Waals surface area contributed by atoms with Crippen LogP contribution in [0.25, 0.3) is 0 Å². The van der Waals surface area contributed by atoms with Gasteiger partial charge in [0.1, 0.15) is 0 Å². The van der Waals surface area contributed by atoms with Crippen molar-refractivity contribution in [2.24, 2.45) is 5.92 Å². The Bertz CT molecular complexity index is 1180. The summed E-state index contributed by atoms with van der Waals surface area (Å²) in [5.74, 6) is -1.35. The maximum absolute atomic E-state index is 13.6. The van der Waals surface area contributed by atoms with E-state index in [1.807, 2.05) is 0 Å². The van der Waals surface area contributed by atoms with Gasteiger partial charge in [-0.15, -0.1) is 0 Å². The predicted octanol–water partition coefficient (Wildman–Crippen LogP) is 2.59. The summed E-state index contributed by atoms with van der Waals surface area (Å²) in [6.45, 7) is 2.55. The molecule has 3 atom stereocenters. The van der Waals surface area contributed by atoms with Crippen LogP contribution in [0.1, 0.15) is 37.3 Å². The Hall–Kier alpha value is -3.60. The fourth-order valence-corrected chi connectivity index (χ4v) is 4.73. The van der Waals surface area contributed by atoms with Crippen LogP contribution in [0.3, 0.4) is 0 Å². The van der Waals surface area contributed by atoms with Crippen LogP contribution < -0.4 is 15.5 Å². The second-order valence-corrected chi connectivity index (χ2v) is 9.18. The normalized spacial score (nSPS) is 22.1. The fourth-order valence-electron chi connectivity index (χ4n) is 4.73. The van der Waals surface area contributed by atoms with Crippen molar-refractivity contribution in [3.63, 3.8) is 0 Å². The number of nitrogens with zero attached hydrogens (tertiary/aromatic N) is 2. The van der Waals surface area contributed by atoms with E-state index >= 15 is 0 Å². The van der Waals surface area contributed by atoms with Crippen molar-refractivity contribution in [3.05, 3.63) is 75.9 Å². The Morgan fingerprint density at radius 2 is 2.08 bits per heavy atom. The van der Waals surface area contributed by atoms with E-state index in [4.69, 9.17) is 5.11 Å². The van der Waals surface area contributed by atoms with E-state index in [0.717, 1.165) is 24.9 Å². The second kappa shape index (κ2) is 10.6. The Balaban J connectivity index is 1.58. The number of anilines is 2. The number of carbonyl (C=O) groups excluding carboxylic acids is 2. The number of nitro benzene ring substituents is 1. The Morgan fingerprint density at radius 1 is 1.33 bits per heavy atom. The molecule has 2 heterocycles. The van der Waals surface area contributed by atoms with Gasteiger partial charge in [0.2, 0.25) is 5.91 Å². The molecular weight excluding hydrogens is 464 g/mol. The van der Waals surface area contributed by atoms with E-state index in [1.165, 1.54) is 23.1 Å². The molecule has 0 unspecified atom stereocenters. The lowest BCUT2D eigenvalue weighted by atomic mass is 9.82. The number of amides is 2. The third-order valence-electron chi connectivity index (χ3n) is 6.78. The van der Waals surface area contributed by atoms with E-state index in [0.29, 0.717) is 17.8 Å². The number of carbonyl (C=O) groups is 2. The number of fused-ring (bicyclic) bond motifs is 1. The van der Waals surface area contributed by atoms with Crippen LogP contribution in [0, 0.1) is 16.0 Å². The maximum Gasteiger partial charge on any atom is 0.269 e. The number of non-ortho nitro benzene ring substituents is 1. The molecule has 10 heteroatoms. The van der Waals surface area contributed by atoms with Gasteiger partial charge in [-0.2, -0.15) is 0 Å². The molecule has 0 bridgehead atoms. The van der Waals surface area contributed by atoms with Crippen LogP contribution in [0.2, 0.25) is 0 Å². The van der Waals surface area contributed by atoms with Gasteiger partial charge in [0.25, 0.3) is 11.6 Å². The quantitative estimate of drug-likeness (QED) is 0.238. The minimum atomic E-state index is -1.99. The molecule has 1 saturated heterocycles. The molecule has 0 aliphatic carbocycles. The highest BCUT2D eigenvalue weighted by atomic mass is 16.6. The molecule has 2 aromatic carbocycles. The van der Waals surface area contributed by atoms with Gasteiger partial charge in [-0.3, -0.25) is 19.7 Å². The van der Waals surface area contributed by atoms with E-state index < -0.39 is 22.3 Å². The van der Waals surface area contributed by atoms with E-state index in [-0.39, 0.29) is 36.4 Å². The molecule has 4 N–H and O–H groups in total. The third kappa shape index (κ3) is 4.88. The summed E-state index contributed by atoms with van der Waals surface area (Å²) in [6.07, 6.45) is 5.43. The standard InChI is InChI=1S/C26H30N4O6/c1-17(5-2-3-14-31)26(34)21-15-20(30(35)36)11-12-23(21)29(25(26)33)16-18-7-9-19(10-8-18)28-24(32)22-6-4-13-27-22/h2,5,7-12,15,17,22,27,31,34H,3-4,6,13-14,16H2,1H3,(H,28,32)/b5-2+/t17-,22-,26+/m1/s1. The van der Waals surface area contributed by atoms with Crippen LogP contribution in [0.15, 0.2) is 54.6 Å². The van der Waals surface area contributed by atoms with E-state index in [1.54, 1.807) is 43.3 Å². The molecule has 2 aliphatic heterocycles. The number of benzene rings is 2. The molecule has 4 rings (SSSR count). The number of rotatable bonds is 9. The summed E-state index contributed by atoms with van der Waals surface area (Å²) in [6, 6.07) is 10.9. The molecule has 0 aromatic heterocycles. The first-order valence-electron chi connectivity index (χ1n) is 12.0. The zero-order valence-corrected chi connectivity index (χ0v) is 20.0. The molecule has 1 fully saturated rings. The average molecular weight is 495 g/mol. The molecule has 0 radical (unpaired) electrons. The zero-order chi connectivity index (χ0) is 25.9. The van der Waals surface area contributed by atoms with Gasteiger partial charge in [0.15, 0.2) is 5.60 Å². The van der Waals surface area contributed by atoms with Crippen LogP contribution in [0.5, 0.6) is 0 Å². The van der Waals surface area contributed by atoms with Gasteiger partial charge in [0.05, 0.1) is 23.2 Å². The van der Waals surface area contributed by atoms with Gasteiger partial charge in [-0.05, 0) is 49.6 Å². The zero-order valence-electron chi connectivity index (χ0n) is 20.0. The minimum absolute atomic E-state index is 0.0720. The molecular formula is C26H30N4O6. The SMILES string of the molecule is C[C@H](/C=C/CCO)[C@@]1(O)C(=O)N(Cc2ccc(NC(=O)[C@H]3CCCN3)cc2)c2ccc([N+](=O)[O-])cc21. The summed E-state index contributed by atoms with van der Waals surface area (Å²) in [5, 5.41) is 38.1. The lowest BCUT2D eigenvalue weighted by Crippen LogP contribution is -2.44. The number of aliphatic hydroxyl groups is 2. The molecule has 36 heavy (non-hydrogen) atoms. The Morgan fingerprint density at radius 3 is 2.72 bits per heavy atom. The van der Waals surface area contributed by atoms with Crippen molar-refractivity contribution in [1.29, 1.82) is 0 Å². The Labute approximate surface area is 208 Å². The van der Waals surface area contributed by atoms with Crippen molar-refractivity contribution in [2.75, 3.05) is 23.4 Å². The topological polar surface area (TPSA) is 145 Å². The summed E-state index contributed by atoms with van der Waals surface area (Å²) in [4.78, 5) is 38.2. The Kier molecular flexibility index (Phi) is 7.48. The van der Waals surface area contributed by atoms with E-state index in [9.17, 15) is 24.8 Å². The van der Waals surface area contributed by atoms with Crippen LogP contribution in [0.4, 0.5) is 17.1 Å². The minimum Gasteiger partial charge on any atom is -0.396 e. The largest absolute Gasteiger partial charge is 0.396 e. The first-order chi connectivity index (χ1) is 17.3. The number of nitrogens with one attached hydrogen (secondary N) is 2. The van der Waals surface area contributed by atoms with Crippen LogP contribution in [-0.2, 0) is 21.7 Å². The summed E-state index contributed by atoms with van der Waals surface area (Å²) >= 11 is 0. The highest BCUT2D eigenvalue weighted by molar-refractivity contribution is 6.07. The van der Waals surface area contributed by atoms with Crippen molar-refractivity contribution in [2.45, 2.75) is 44.4 Å². The van der Waals surface area contributed by atoms with Crippen molar-refractivity contribution < 1.29 is 24.7 Å². The van der Waals surface area contributed by atoms with Gasteiger partial charge in [0, 0.05) is 35.9 Å². The number of hydrogen-bond donors (Lipinski definition) is 4. The van der Waals surface area contributed by atoms with Gasteiger partial charge in [-0.1, -0.05) is 31.2 Å². The second-order valence-electron chi connectivity index (χ2n) is 9.18. The van der Waals surface area contributed by atoms with Crippen molar-refractivity contribution in [1.82, 2.24) is 5.32 Å². The van der Waals surface area contributed by atoms with Crippen molar-refractivity contribution in [3.8, 4) is 0 Å². The van der Waals surface area contributed by atoms with E-state index in [2.05, 4.69) is 10.6 Å². The number of hydrogen-bond acceptors (Lipinski definition) is 7. The first kappa shape index (κ1) is 25.5. The van der Waals surface area contributed by atoms with Gasteiger partial charge in [-0.25, -0.2) is 0 Å². The lowest BCUT2D eigenvalue weighted by molar-refractivity contribution is -0.385. The smallest absolute Gasteiger partial charge is 0.269 e. The van der Waals surface area contributed by atoms with Gasteiger partial charge < -0.3 is 25.7 Å². The van der Waals surface area contributed by atoms with Crippen LogP contribution >= 0.6 is 0 Å².